The molecule has 0 amide bonds. The Morgan fingerprint density at radius 2 is 2.26 bits per heavy atom. The molecule has 0 radical (unpaired) electrons. The third kappa shape index (κ3) is 2.34. The zero-order valence-corrected chi connectivity index (χ0v) is 12.2. The van der Waals surface area contributed by atoms with Crippen LogP contribution < -0.4 is 5.56 Å². The van der Waals surface area contributed by atoms with Gasteiger partial charge in [0.1, 0.15) is 10.2 Å². The molecule has 0 spiro atoms. The number of H-pyrrole nitrogens is 1. The van der Waals surface area contributed by atoms with Crippen LogP contribution in [0.5, 0.6) is 0 Å². The van der Waals surface area contributed by atoms with Gasteiger partial charge in [-0.2, -0.15) is 0 Å². The van der Waals surface area contributed by atoms with Crippen molar-refractivity contribution in [1.29, 1.82) is 0 Å². The molecule has 2 heterocycles. The molecule has 0 atom stereocenters. The summed E-state index contributed by atoms with van der Waals surface area (Å²) in [6, 6.07) is 3.92. The van der Waals surface area contributed by atoms with Crippen LogP contribution in [0.3, 0.4) is 0 Å². The molecule has 5 heteroatoms. The fraction of sp³-hybridized carbons (Fsp3) is 0.357. The second-order valence-electron chi connectivity index (χ2n) is 4.75. The molecule has 0 aromatic carbocycles. The van der Waals surface area contributed by atoms with Gasteiger partial charge in [-0.1, -0.05) is 13.0 Å². The fourth-order valence-corrected chi connectivity index (χ4v) is 2.66. The molecule has 0 saturated heterocycles. The largest absolute Gasteiger partial charge is 0.304 e. The molecule has 2 aromatic heterocycles. The summed E-state index contributed by atoms with van der Waals surface area (Å²) in [6.45, 7) is 2.07. The minimum absolute atomic E-state index is 0.125. The molecule has 1 fully saturated rings. The second-order valence-corrected chi connectivity index (χ2v) is 5.55. The number of nitrogens with zero attached hydrogens (tertiary/aromatic N) is 2. The maximum atomic E-state index is 12.0. The molecule has 1 aliphatic carbocycles. The first-order valence-electron chi connectivity index (χ1n) is 6.44. The smallest absolute Gasteiger partial charge is 0.265 e. The summed E-state index contributed by atoms with van der Waals surface area (Å²) in [6.07, 6.45) is 4.81. The van der Waals surface area contributed by atoms with Gasteiger partial charge in [0.2, 0.25) is 0 Å². The lowest BCUT2D eigenvalue weighted by Gasteiger charge is -2.08. The quantitative estimate of drug-likeness (QED) is 0.946. The normalized spacial score (nSPS) is 14.6. The number of hydrogen-bond acceptors (Lipinski definition) is 3. The Morgan fingerprint density at radius 3 is 2.95 bits per heavy atom. The molecule has 2 aromatic rings. The van der Waals surface area contributed by atoms with Crippen molar-refractivity contribution in [1.82, 2.24) is 15.0 Å². The van der Waals surface area contributed by atoms with Gasteiger partial charge in [0.05, 0.1) is 5.69 Å². The molecule has 98 valence electrons. The van der Waals surface area contributed by atoms with E-state index in [0.29, 0.717) is 16.2 Å². The van der Waals surface area contributed by atoms with Crippen LogP contribution >= 0.6 is 15.9 Å². The monoisotopic (exact) mass is 319 g/mol. The van der Waals surface area contributed by atoms with Crippen molar-refractivity contribution in [3.63, 3.8) is 0 Å². The van der Waals surface area contributed by atoms with Gasteiger partial charge in [0.15, 0.2) is 5.82 Å². The molecule has 3 rings (SSSR count). The average Bonchev–Trinajstić information content (AvgIpc) is 3.26. The number of aromatic amines is 1. The lowest BCUT2D eigenvalue weighted by Crippen LogP contribution is -2.14. The van der Waals surface area contributed by atoms with E-state index in [1.807, 2.05) is 12.1 Å². The number of aryl methyl sites for hydroxylation is 1. The Morgan fingerprint density at radius 1 is 1.47 bits per heavy atom. The van der Waals surface area contributed by atoms with Gasteiger partial charge < -0.3 is 4.98 Å². The molecule has 0 unspecified atom stereocenters. The van der Waals surface area contributed by atoms with E-state index in [2.05, 4.69) is 37.8 Å². The van der Waals surface area contributed by atoms with Crippen molar-refractivity contribution in [3.05, 3.63) is 44.4 Å². The van der Waals surface area contributed by atoms with E-state index in [0.717, 1.165) is 36.2 Å². The number of rotatable bonds is 3. The lowest BCUT2D eigenvalue weighted by molar-refractivity contribution is 0.947. The third-order valence-corrected chi connectivity index (χ3v) is 4.12. The van der Waals surface area contributed by atoms with E-state index < -0.39 is 0 Å². The first-order chi connectivity index (χ1) is 9.20. The topological polar surface area (TPSA) is 58.6 Å². The highest BCUT2D eigenvalue weighted by Crippen LogP contribution is 2.41. The summed E-state index contributed by atoms with van der Waals surface area (Å²) >= 11 is 3.34. The van der Waals surface area contributed by atoms with Crippen LogP contribution in [-0.4, -0.2) is 15.0 Å². The second kappa shape index (κ2) is 4.89. The van der Waals surface area contributed by atoms with Crippen LogP contribution in [0.4, 0.5) is 0 Å². The highest BCUT2D eigenvalue weighted by Gasteiger charge is 2.29. The summed E-state index contributed by atoms with van der Waals surface area (Å²) < 4.78 is 0.563. The standard InChI is InChI=1S/C14H14BrN3O/c1-2-8-4-3-7-16-12(8)13-17-11(9-5-6-9)10(15)14(19)18-13/h3-4,7,9H,2,5-6H2,1H3,(H,17,18,19). The molecule has 1 saturated carbocycles. The molecule has 0 bridgehead atoms. The van der Waals surface area contributed by atoms with Crippen molar-refractivity contribution in [2.75, 3.05) is 0 Å². The Balaban J connectivity index is 2.17. The van der Waals surface area contributed by atoms with Crippen molar-refractivity contribution < 1.29 is 0 Å². The Hall–Kier alpha value is -1.49. The molecular weight excluding hydrogens is 306 g/mol. The van der Waals surface area contributed by atoms with E-state index in [1.165, 1.54) is 0 Å². The predicted octanol–water partition coefficient (Wildman–Crippen LogP) is 3.03. The van der Waals surface area contributed by atoms with E-state index in [-0.39, 0.29) is 5.56 Å². The third-order valence-electron chi connectivity index (χ3n) is 3.35. The number of pyridine rings is 1. The first-order valence-corrected chi connectivity index (χ1v) is 7.24. The first kappa shape index (κ1) is 12.5. The van der Waals surface area contributed by atoms with Crippen molar-refractivity contribution in [2.45, 2.75) is 32.1 Å². The van der Waals surface area contributed by atoms with Crippen LogP contribution in [-0.2, 0) is 6.42 Å². The summed E-state index contributed by atoms with van der Waals surface area (Å²) in [5.74, 6) is 0.997. The minimum Gasteiger partial charge on any atom is -0.304 e. The minimum atomic E-state index is -0.125. The Labute approximate surface area is 119 Å². The molecule has 4 nitrogen and oxygen atoms in total. The molecule has 1 N–H and O–H groups in total. The molecule has 19 heavy (non-hydrogen) atoms. The highest BCUT2D eigenvalue weighted by molar-refractivity contribution is 9.10. The van der Waals surface area contributed by atoms with Crippen LogP contribution in [0, 0.1) is 0 Å². The Bertz CT molecular complexity index is 677. The number of nitrogens with one attached hydrogen (secondary N) is 1. The highest BCUT2D eigenvalue weighted by atomic mass is 79.9. The summed E-state index contributed by atoms with van der Waals surface area (Å²) in [5, 5.41) is 0. The van der Waals surface area contributed by atoms with Gasteiger partial charge in [0.25, 0.3) is 5.56 Å². The van der Waals surface area contributed by atoms with Crippen molar-refractivity contribution in [3.8, 4) is 11.5 Å². The van der Waals surface area contributed by atoms with Gasteiger partial charge in [-0.05, 0) is 46.8 Å². The lowest BCUT2D eigenvalue weighted by atomic mass is 10.1. The van der Waals surface area contributed by atoms with E-state index in [9.17, 15) is 4.79 Å². The number of hydrogen-bond donors (Lipinski definition) is 1. The summed E-state index contributed by atoms with van der Waals surface area (Å²) in [4.78, 5) is 23.8. The summed E-state index contributed by atoms with van der Waals surface area (Å²) in [5.41, 5.74) is 2.61. The number of aromatic nitrogens is 3. The van der Waals surface area contributed by atoms with E-state index >= 15 is 0 Å². The van der Waals surface area contributed by atoms with E-state index in [1.54, 1.807) is 6.20 Å². The van der Waals surface area contributed by atoms with Crippen molar-refractivity contribution >= 4 is 15.9 Å². The van der Waals surface area contributed by atoms with Gasteiger partial charge in [-0.15, -0.1) is 0 Å². The van der Waals surface area contributed by atoms with Gasteiger partial charge in [-0.3, -0.25) is 9.78 Å². The summed E-state index contributed by atoms with van der Waals surface area (Å²) in [7, 11) is 0. The van der Waals surface area contributed by atoms with Crippen LogP contribution in [0.2, 0.25) is 0 Å². The van der Waals surface area contributed by atoms with Gasteiger partial charge >= 0.3 is 0 Å². The fourth-order valence-electron chi connectivity index (χ4n) is 2.15. The zero-order valence-electron chi connectivity index (χ0n) is 10.6. The SMILES string of the molecule is CCc1cccnc1-c1nc(C2CC2)c(Br)c(=O)[nH]1. The number of halogens is 1. The molecule has 0 aliphatic heterocycles. The van der Waals surface area contributed by atoms with Crippen LogP contribution in [0.15, 0.2) is 27.6 Å². The zero-order chi connectivity index (χ0) is 13.4. The molecule has 1 aliphatic rings. The Kier molecular flexibility index (Phi) is 3.22. The maximum Gasteiger partial charge on any atom is 0.265 e. The average molecular weight is 320 g/mol. The van der Waals surface area contributed by atoms with Gasteiger partial charge in [0, 0.05) is 12.1 Å². The molecular formula is C14H14BrN3O. The van der Waals surface area contributed by atoms with E-state index in [4.69, 9.17) is 0 Å². The van der Waals surface area contributed by atoms with Crippen LogP contribution in [0.1, 0.15) is 36.9 Å². The van der Waals surface area contributed by atoms with Crippen LogP contribution in [0.25, 0.3) is 11.5 Å². The maximum absolute atomic E-state index is 12.0. The van der Waals surface area contributed by atoms with Crippen molar-refractivity contribution in [2.24, 2.45) is 0 Å². The van der Waals surface area contributed by atoms with Gasteiger partial charge in [-0.25, -0.2) is 4.98 Å². The predicted molar refractivity (Wildman–Crippen MR) is 77.1 cm³/mol.